The second-order valence-electron chi connectivity index (χ2n) is 9.13. The lowest BCUT2D eigenvalue weighted by molar-refractivity contribution is 0.0688. The van der Waals surface area contributed by atoms with Crippen LogP contribution in [0.4, 0.5) is 5.69 Å². The number of ether oxygens (including phenoxy) is 2. The number of nitrogens with zero attached hydrogens (tertiary/aromatic N) is 5. The van der Waals surface area contributed by atoms with Crippen LogP contribution in [-0.4, -0.2) is 96.6 Å². The predicted octanol–water partition coefficient (Wildman–Crippen LogP) is 2.41. The highest BCUT2D eigenvalue weighted by Gasteiger charge is 2.34. The summed E-state index contributed by atoms with van der Waals surface area (Å²) in [6.07, 6.45) is 0.459. The number of carboxylic acids is 1. The fourth-order valence-electron chi connectivity index (χ4n) is 5.07. The topological polar surface area (TPSA) is 100 Å². The van der Waals surface area contributed by atoms with Crippen molar-refractivity contribution in [1.82, 2.24) is 19.6 Å². The molecule has 1 amide bonds. The molecular formula is C27H31N5O5. The lowest BCUT2D eigenvalue weighted by Gasteiger charge is -2.37. The molecule has 1 fully saturated rings. The van der Waals surface area contributed by atoms with Gasteiger partial charge in [-0.1, -0.05) is 12.1 Å². The quantitative estimate of drug-likeness (QED) is 0.498. The van der Waals surface area contributed by atoms with Gasteiger partial charge < -0.3 is 24.4 Å². The molecule has 0 spiro atoms. The van der Waals surface area contributed by atoms with Crippen molar-refractivity contribution in [2.75, 3.05) is 64.9 Å². The van der Waals surface area contributed by atoms with Crippen LogP contribution in [0.5, 0.6) is 11.5 Å². The van der Waals surface area contributed by atoms with Crippen molar-refractivity contribution in [3.8, 4) is 17.2 Å². The number of carboxylic acid groups (broad SMARTS) is 1. The Morgan fingerprint density at radius 1 is 0.946 bits per heavy atom. The van der Waals surface area contributed by atoms with Gasteiger partial charge >= 0.3 is 5.97 Å². The van der Waals surface area contributed by atoms with Gasteiger partial charge in [0.15, 0.2) is 5.69 Å². The minimum absolute atomic E-state index is 0.0636. The fourth-order valence-corrected chi connectivity index (χ4v) is 5.07. The molecule has 3 aromatic rings. The first-order valence-electron chi connectivity index (χ1n) is 12.4. The van der Waals surface area contributed by atoms with Crippen LogP contribution in [0.3, 0.4) is 0 Å². The first-order valence-corrected chi connectivity index (χ1v) is 12.4. The van der Waals surface area contributed by atoms with E-state index in [1.54, 1.807) is 38.5 Å². The maximum Gasteiger partial charge on any atom is 0.356 e. The number of methoxy groups -OCH3 is 2. The zero-order valence-corrected chi connectivity index (χ0v) is 21.1. The maximum absolute atomic E-state index is 13.6. The van der Waals surface area contributed by atoms with Gasteiger partial charge in [0.25, 0.3) is 5.91 Å². The maximum atomic E-state index is 13.6. The number of para-hydroxylation sites is 2. The number of hydrogen-bond donors (Lipinski definition) is 1. The summed E-state index contributed by atoms with van der Waals surface area (Å²) in [6.45, 7) is 5.33. The van der Waals surface area contributed by atoms with Crippen molar-refractivity contribution < 1.29 is 24.2 Å². The minimum Gasteiger partial charge on any atom is -0.497 e. The van der Waals surface area contributed by atoms with Crippen molar-refractivity contribution in [3.63, 3.8) is 0 Å². The zero-order chi connectivity index (χ0) is 25.9. The number of hydrogen-bond acceptors (Lipinski definition) is 7. The minimum atomic E-state index is -1.13. The molecule has 0 bridgehead atoms. The second kappa shape index (κ2) is 10.5. The molecule has 2 aromatic carbocycles. The first-order chi connectivity index (χ1) is 18.0. The van der Waals surface area contributed by atoms with Crippen molar-refractivity contribution in [1.29, 1.82) is 0 Å². The summed E-state index contributed by atoms with van der Waals surface area (Å²) in [5, 5.41) is 14.0. The normalized spacial score (nSPS) is 16.0. The zero-order valence-electron chi connectivity index (χ0n) is 21.1. The number of rotatable bonds is 8. The van der Waals surface area contributed by atoms with Gasteiger partial charge in [-0.05, 0) is 42.8 Å². The standard InChI is InChI=1S/C27H31N5O5/c1-36-20-9-7-19(8-10-20)32-25-21(24(28-32)27(34)35)11-12-31(26(25)33)18-15-29-13-16-30(17-14-29)22-5-3-4-6-23(22)37-2/h3-10H,11-18H2,1-2H3,(H,34,35). The van der Waals surface area contributed by atoms with Crippen molar-refractivity contribution >= 4 is 17.6 Å². The molecule has 0 unspecified atom stereocenters. The number of aromatic nitrogens is 2. The van der Waals surface area contributed by atoms with Gasteiger partial charge in [-0.15, -0.1) is 0 Å². The third kappa shape index (κ3) is 4.84. The Bertz CT molecular complexity index is 1280. The van der Waals surface area contributed by atoms with E-state index in [1.165, 1.54) is 4.68 Å². The number of benzene rings is 2. The Morgan fingerprint density at radius 2 is 1.68 bits per heavy atom. The van der Waals surface area contributed by atoms with Gasteiger partial charge in [-0.2, -0.15) is 5.10 Å². The number of anilines is 1. The molecule has 5 rings (SSSR count). The average Bonchev–Trinajstić information content (AvgIpc) is 3.34. The largest absolute Gasteiger partial charge is 0.497 e. The molecule has 1 aromatic heterocycles. The highest BCUT2D eigenvalue weighted by molar-refractivity contribution is 5.99. The molecule has 10 nitrogen and oxygen atoms in total. The van der Waals surface area contributed by atoms with Gasteiger partial charge in [-0.25, -0.2) is 9.48 Å². The number of amides is 1. The highest BCUT2D eigenvalue weighted by atomic mass is 16.5. The summed E-state index contributed by atoms with van der Waals surface area (Å²) in [7, 11) is 3.27. The van der Waals surface area contributed by atoms with Crippen LogP contribution in [0.25, 0.3) is 5.69 Å². The van der Waals surface area contributed by atoms with E-state index in [4.69, 9.17) is 9.47 Å². The van der Waals surface area contributed by atoms with Gasteiger partial charge in [0.05, 0.1) is 25.6 Å². The van der Waals surface area contributed by atoms with Crippen molar-refractivity contribution in [3.05, 3.63) is 65.5 Å². The molecule has 194 valence electrons. The van der Waals surface area contributed by atoms with E-state index in [9.17, 15) is 14.7 Å². The van der Waals surface area contributed by atoms with Gasteiger partial charge in [0.1, 0.15) is 17.2 Å². The van der Waals surface area contributed by atoms with E-state index >= 15 is 0 Å². The Balaban J connectivity index is 1.27. The Labute approximate surface area is 215 Å². The SMILES string of the molecule is COc1ccc(-n2nc(C(=O)O)c3c2C(=O)N(CCN2CCN(c4ccccc4OC)CC2)CC3)cc1. The van der Waals surface area contributed by atoms with Crippen LogP contribution < -0.4 is 14.4 Å². The number of carbonyl (C=O) groups excluding carboxylic acids is 1. The number of fused-ring (bicyclic) bond motifs is 1. The predicted molar refractivity (Wildman–Crippen MR) is 138 cm³/mol. The number of piperazine rings is 1. The van der Waals surface area contributed by atoms with Crippen LogP contribution in [0, 0.1) is 0 Å². The van der Waals surface area contributed by atoms with Crippen LogP contribution in [0.2, 0.25) is 0 Å². The molecule has 2 aliphatic heterocycles. The third-order valence-corrected chi connectivity index (χ3v) is 7.11. The van der Waals surface area contributed by atoms with Crippen molar-refractivity contribution in [2.45, 2.75) is 6.42 Å². The van der Waals surface area contributed by atoms with Gasteiger partial charge in [-0.3, -0.25) is 9.69 Å². The smallest absolute Gasteiger partial charge is 0.356 e. The van der Waals surface area contributed by atoms with Crippen LogP contribution >= 0.6 is 0 Å². The summed E-state index contributed by atoms with van der Waals surface area (Å²) in [4.78, 5) is 31.9. The summed E-state index contributed by atoms with van der Waals surface area (Å²) >= 11 is 0. The lowest BCUT2D eigenvalue weighted by atomic mass is 10.0. The Kier molecular flexibility index (Phi) is 7.00. The molecule has 10 heteroatoms. The number of aromatic carboxylic acids is 1. The van der Waals surface area contributed by atoms with Gasteiger partial charge in [0, 0.05) is 51.4 Å². The highest BCUT2D eigenvalue weighted by Crippen LogP contribution is 2.29. The summed E-state index contributed by atoms with van der Waals surface area (Å²) < 4.78 is 12.2. The molecule has 1 saturated heterocycles. The van der Waals surface area contributed by atoms with Gasteiger partial charge in [0.2, 0.25) is 0 Å². The summed E-state index contributed by atoms with van der Waals surface area (Å²) in [5.74, 6) is 0.226. The van der Waals surface area contributed by atoms with E-state index in [1.807, 2.05) is 23.1 Å². The second-order valence-corrected chi connectivity index (χ2v) is 9.13. The Hall–Kier alpha value is -4.05. The average molecular weight is 506 g/mol. The molecule has 0 aliphatic carbocycles. The molecule has 0 radical (unpaired) electrons. The van der Waals surface area contributed by atoms with Crippen LogP contribution in [0.15, 0.2) is 48.5 Å². The molecule has 2 aliphatic rings. The van der Waals surface area contributed by atoms with E-state index in [0.717, 1.165) is 44.2 Å². The molecule has 37 heavy (non-hydrogen) atoms. The van der Waals surface area contributed by atoms with E-state index < -0.39 is 5.97 Å². The summed E-state index contributed by atoms with van der Waals surface area (Å²) in [6, 6.07) is 15.1. The molecule has 0 atom stereocenters. The van der Waals surface area contributed by atoms with E-state index in [0.29, 0.717) is 42.2 Å². The first kappa shape index (κ1) is 24.6. The molecular weight excluding hydrogens is 474 g/mol. The van der Waals surface area contributed by atoms with E-state index in [2.05, 4.69) is 21.0 Å². The van der Waals surface area contributed by atoms with Crippen LogP contribution in [0.1, 0.15) is 26.5 Å². The fraction of sp³-hybridized carbons (Fsp3) is 0.370. The lowest BCUT2D eigenvalue weighted by Crippen LogP contribution is -2.50. The molecule has 3 heterocycles. The van der Waals surface area contributed by atoms with Crippen molar-refractivity contribution in [2.24, 2.45) is 0 Å². The van der Waals surface area contributed by atoms with E-state index in [-0.39, 0.29) is 11.6 Å². The third-order valence-electron chi connectivity index (χ3n) is 7.11. The molecule has 0 saturated carbocycles. The summed E-state index contributed by atoms with van der Waals surface area (Å²) in [5.41, 5.74) is 2.48. The Morgan fingerprint density at radius 3 is 2.35 bits per heavy atom. The monoisotopic (exact) mass is 505 g/mol. The number of carbonyl (C=O) groups is 2. The van der Waals surface area contributed by atoms with Crippen LogP contribution in [-0.2, 0) is 6.42 Å². The molecule has 1 N–H and O–H groups in total.